The van der Waals surface area contributed by atoms with Gasteiger partial charge in [0.15, 0.2) is 9.84 Å². The molecule has 0 amide bonds. The maximum Gasteiger partial charge on any atom is 0.181 e. The van der Waals surface area contributed by atoms with Gasteiger partial charge in [0.2, 0.25) is 0 Å². The van der Waals surface area contributed by atoms with Crippen molar-refractivity contribution in [1.29, 1.82) is 0 Å². The molecular weight excluding hydrogens is 314 g/mol. The predicted octanol–water partition coefficient (Wildman–Crippen LogP) is 3.16. The number of sulfone groups is 1. The third kappa shape index (κ3) is 3.74. The molecule has 1 unspecified atom stereocenters. The summed E-state index contributed by atoms with van der Waals surface area (Å²) in [5.41, 5.74) is 0. The van der Waals surface area contributed by atoms with Crippen molar-refractivity contribution in [3.8, 4) is 0 Å². The second-order valence-electron chi connectivity index (χ2n) is 3.78. The Balaban J connectivity index is 3.09. The maximum absolute atomic E-state index is 13.4. The normalized spacial score (nSPS) is 13.6. The van der Waals surface area contributed by atoms with E-state index in [1.165, 1.54) is 0 Å². The molecule has 96 valence electrons. The average Bonchev–Trinajstić information content (AvgIpc) is 2.29. The van der Waals surface area contributed by atoms with Crippen LogP contribution >= 0.6 is 15.9 Å². The minimum atomic E-state index is -3.78. The van der Waals surface area contributed by atoms with Gasteiger partial charge < -0.3 is 0 Å². The highest BCUT2D eigenvalue weighted by Gasteiger charge is 2.23. The zero-order chi connectivity index (χ0) is 13.1. The van der Waals surface area contributed by atoms with E-state index >= 15 is 0 Å². The van der Waals surface area contributed by atoms with E-state index in [0.717, 1.165) is 18.2 Å². The summed E-state index contributed by atoms with van der Waals surface area (Å²) in [6.07, 6.45) is 0.654. The minimum absolute atomic E-state index is 0.109. The molecule has 1 aromatic carbocycles. The molecule has 0 aliphatic rings. The first kappa shape index (κ1) is 14.6. The van der Waals surface area contributed by atoms with E-state index in [2.05, 4.69) is 15.9 Å². The monoisotopic (exact) mass is 326 g/mol. The SMILES string of the molecule is CCC(CBr)CS(=O)(=O)c1cc(F)ccc1F. The van der Waals surface area contributed by atoms with Crippen molar-refractivity contribution >= 4 is 25.8 Å². The molecule has 1 atom stereocenters. The molecule has 0 aromatic heterocycles. The van der Waals surface area contributed by atoms with Crippen molar-refractivity contribution in [1.82, 2.24) is 0 Å². The van der Waals surface area contributed by atoms with E-state index < -0.39 is 26.4 Å². The third-order valence-corrected chi connectivity index (χ3v) is 5.29. The number of halogens is 3. The van der Waals surface area contributed by atoms with Crippen molar-refractivity contribution in [2.45, 2.75) is 18.2 Å². The molecule has 0 saturated heterocycles. The second kappa shape index (κ2) is 5.91. The highest BCUT2D eigenvalue weighted by molar-refractivity contribution is 9.09. The molecule has 0 aliphatic carbocycles. The molecular formula is C11H13BrF2O2S. The molecule has 1 aromatic rings. The van der Waals surface area contributed by atoms with Gasteiger partial charge in [-0.1, -0.05) is 29.3 Å². The summed E-state index contributed by atoms with van der Waals surface area (Å²) in [7, 11) is -3.78. The molecule has 17 heavy (non-hydrogen) atoms. The van der Waals surface area contributed by atoms with E-state index in [1.807, 2.05) is 6.92 Å². The van der Waals surface area contributed by atoms with Gasteiger partial charge in [-0.25, -0.2) is 17.2 Å². The Bertz CT molecular complexity index is 484. The van der Waals surface area contributed by atoms with E-state index in [9.17, 15) is 17.2 Å². The van der Waals surface area contributed by atoms with Gasteiger partial charge in [-0.05, 0) is 24.1 Å². The highest BCUT2D eigenvalue weighted by Crippen LogP contribution is 2.21. The summed E-state index contributed by atoms with van der Waals surface area (Å²) in [6.45, 7) is 1.85. The Hall–Kier alpha value is -0.490. The summed E-state index contributed by atoms with van der Waals surface area (Å²) in [5, 5.41) is 0.514. The molecule has 0 N–H and O–H groups in total. The van der Waals surface area contributed by atoms with Gasteiger partial charge in [0.05, 0.1) is 5.75 Å². The quantitative estimate of drug-likeness (QED) is 0.779. The van der Waals surface area contributed by atoms with Gasteiger partial charge >= 0.3 is 0 Å². The molecule has 2 nitrogen and oxygen atoms in total. The molecule has 6 heteroatoms. The van der Waals surface area contributed by atoms with Crippen LogP contribution in [0.1, 0.15) is 13.3 Å². The number of benzene rings is 1. The number of alkyl halides is 1. The summed E-state index contributed by atoms with van der Waals surface area (Å²) in [5.74, 6) is -1.95. The van der Waals surface area contributed by atoms with Crippen LogP contribution in [0.3, 0.4) is 0 Å². The van der Waals surface area contributed by atoms with Crippen LogP contribution in [0.15, 0.2) is 23.1 Å². The van der Waals surface area contributed by atoms with Crippen LogP contribution in [0, 0.1) is 17.6 Å². The van der Waals surface area contributed by atoms with Crippen molar-refractivity contribution < 1.29 is 17.2 Å². The van der Waals surface area contributed by atoms with Crippen molar-refractivity contribution in [2.24, 2.45) is 5.92 Å². The minimum Gasteiger partial charge on any atom is -0.224 e. The van der Waals surface area contributed by atoms with Crippen LogP contribution < -0.4 is 0 Å². The summed E-state index contributed by atoms with van der Waals surface area (Å²) < 4.78 is 50.1. The second-order valence-corrected chi connectivity index (χ2v) is 6.43. The van der Waals surface area contributed by atoms with E-state index in [0.29, 0.717) is 11.8 Å². The Morgan fingerprint density at radius 2 is 2.00 bits per heavy atom. The van der Waals surface area contributed by atoms with E-state index in [4.69, 9.17) is 0 Å². The van der Waals surface area contributed by atoms with Gasteiger partial charge in [-0.15, -0.1) is 0 Å². The van der Waals surface area contributed by atoms with Crippen LogP contribution in [0.4, 0.5) is 8.78 Å². The van der Waals surface area contributed by atoms with Crippen LogP contribution in [0.2, 0.25) is 0 Å². The lowest BCUT2D eigenvalue weighted by Crippen LogP contribution is -2.18. The standard InChI is InChI=1S/C11H13BrF2O2S/c1-2-8(6-12)7-17(15,16)11-5-9(13)3-4-10(11)14/h3-5,8H,2,6-7H2,1H3. The fraction of sp³-hybridized carbons (Fsp3) is 0.455. The van der Waals surface area contributed by atoms with Crippen molar-refractivity contribution in [3.05, 3.63) is 29.8 Å². The molecule has 0 bridgehead atoms. The molecule has 1 rings (SSSR count). The van der Waals surface area contributed by atoms with Crippen molar-refractivity contribution in [3.63, 3.8) is 0 Å². The first-order valence-corrected chi connectivity index (χ1v) is 7.91. The number of hydrogen-bond donors (Lipinski definition) is 0. The number of rotatable bonds is 5. The van der Waals surface area contributed by atoms with Gasteiger partial charge in [-0.2, -0.15) is 0 Å². The van der Waals surface area contributed by atoms with Crippen LogP contribution in [0.25, 0.3) is 0 Å². The molecule has 0 fully saturated rings. The zero-order valence-corrected chi connectivity index (χ0v) is 11.7. The topological polar surface area (TPSA) is 34.1 Å². The maximum atomic E-state index is 13.4. The van der Waals surface area contributed by atoms with E-state index in [1.54, 1.807) is 0 Å². The molecule has 0 spiro atoms. The first-order chi connectivity index (χ1) is 7.90. The highest BCUT2D eigenvalue weighted by atomic mass is 79.9. The predicted molar refractivity (Wildman–Crippen MR) is 66.0 cm³/mol. The fourth-order valence-corrected chi connectivity index (χ4v) is 4.19. The van der Waals surface area contributed by atoms with Crippen LogP contribution in [-0.2, 0) is 9.84 Å². The first-order valence-electron chi connectivity index (χ1n) is 5.14. The van der Waals surface area contributed by atoms with Gasteiger partial charge in [-0.3, -0.25) is 0 Å². The lowest BCUT2D eigenvalue weighted by Gasteiger charge is -2.12. The summed E-state index contributed by atoms with van der Waals surface area (Å²) in [6, 6.07) is 2.46. The average molecular weight is 327 g/mol. The van der Waals surface area contributed by atoms with Gasteiger partial charge in [0, 0.05) is 5.33 Å². The van der Waals surface area contributed by atoms with Crippen LogP contribution in [0.5, 0.6) is 0 Å². The fourth-order valence-electron chi connectivity index (χ4n) is 1.39. The van der Waals surface area contributed by atoms with Gasteiger partial charge in [0.1, 0.15) is 16.5 Å². The lowest BCUT2D eigenvalue weighted by molar-refractivity contribution is 0.541. The smallest absolute Gasteiger partial charge is 0.181 e. The summed E-state index contributed by atoms with van der Waals surface area (Å²) in [4.78, 5) is -0.558. The zero-order valence-electron chi connectivity index (χ0n) is 9.29. The molecule has 0 aliphatic heterocycles. The largest absolute Gasteiger partial charge is 0.224 e. The lowest BCUT2D eigenvalue weighted by atomic mass is 10.2. The number of hydrogen-bond acceptors (Lipinski definition) is 2. The Labute approximate surface area is 108 Å². The molecule has 0 radical (unpaired) electrons. The Morgan fingerprint density at radius 3 is 2.53 bits per heavy atom. The van der Waals surface area contributed by atoms with Crippen molar-refractivity contribution in [2.75, 3.05) is 11.1 Å². The molecule has 0 saturated carbocycles. The molecule has 0 heterocycles. The summed E-state index contributed by atoms with van der Waals surface area (Å²) >= 11 is 3.20. The van der Waals surface area contributed by atoms with Gasteiger partial charge in [0.25, 0.3) is 0 Å². The van der Waals surface area contributed by atoms with E-state index in [-0.39, 0.29) is 11.7 Å². The Kier molecular flexibility index (Phi) is 5.06. The Morgan fingerprint density at radius 1 is 1.35 bits per heavy atom. The van der Waals surface area contributed by atoms with Crippen LogP contribution in [-0.4, -0.2) is 19.5 Å². The third-order valence-electron chi connectivity index (χ3n) is 2.48.